The molecule has 1 heterocycles. The van der Waals surface area contributed by atoms with Gasteiger partial charge in [-0.05, 0) is 49.1 Å². The normalized spacial score (nSPS) is 20.9. The highest BCUT2D eigenvalue weighted by Crippen LogP contribution is 2.47. The Kier molecular flexibility index (Phi) is 7.18. The number of ether oxygens (including phenoxy) is 1. The molecule has 0 radical (unpaired) electrons. The number of carbonyl (C=O) groups is 3. The SMILES string of the molecule is CCC[C@]1(CC)C(=O)N(C(=O)N[C@H](CC)c2ccccc2)[C@H]1OC(=O)c1ccc(O)cc1. The van der Waals surface area contributed by atoms with Crippen molar-refractivity contribution in [3.05, 3.63) is 65.7 Å². The lowest BCUT2D eigenvalue weighted by atomic mass is 9.70. The van der Waals surface area contributed by atoms with Crippen molar-refractivity contribution in [2.24, 2.45) is 5.41 Å². The van der Waals surface area contributed by atoms with Gasteiger partial charge in [-0.2, -0.15) is 0 Å². The summed E-state index contributed by atoms with van der Waals surface area (Å²) < 4.78 is 5.72. The first kappa shape index (κ1) is 23.3. The largest absolute Gasteiger partial charge is 0.508 e. The zero-order valence-corrected chi connectivity index (χ0v) is 18.7. The molecule has 3 rings (SSSR count). The van der Waals surface area contributed by atoms with Crippen LogP contribution in [0, 0.1) is 5.41 Å². The average Bonchev–Trinajstić information content (AvgIpc) is 2.81. The molecule has 1 aliphatic rings. The molecule has 0 saturated carbocycles. The number of aromatic hydroxyl groups is 1. The number of hydrogen-bond acceptors (Lipinski definition) is 5. The van der Waals surface area contributed by atoms with Crippen LogP contribution in [0.1, 0.15) is 68.4 Å². The zero-order valence-electron chi connectivity index (χ0n) is 18.7. The maximum Gasteiger partial charge on any atom is 0.340 e. The number of rotatable bonds is 8. The first-order chi connectivity index (χ1) is 15.4. The van der Waals surface area contributed by atoms with Gasteiger partial charge in [-0.3, -0.25) is 4.79 Å². The van der Waals surface area contributed by atoms with Crippen LogP contribution in [0.4, 0.5) is 4.79 Å². The van der Waals surface area contributed by atoms with Crippen molar-refractivity contribution in [1.29, 1.82) is 0 Å². The van der Waals surface area contributed by atoms with E-state index in [0.717, 1.165) is 10.5 Å². The maximum atomic E-state index is 13.2. The molecular formula is C25H30N2O5. The van der Waals surface area contributed by atoms with Gasteiger partial charge in [-0.25, -0.2) is 14.5 Å². The minimum atomic E-state index is -0.991. The fraction of sp³-hybridized carbons (Fsp3) is 0.400. The van der Waals surface area contributed by atoms with Gasteiger partial charge in [-0.15, -0.1) is 0 Å². The maximum absolute atomic E-state index is 13.2. The van der Waals surface area contributed by atoms with Gasteiger partial charge in [0.25, 0.3) is 0 Å². The van der Waals surface area contributed by atoms with Crippen molar-refractivity contribution in [1.82, 2.24) is 10.2 Å². The molecule has 1 fully saturated rings. The second-order valence-electron chi connectivity index (χ2n) is 8.06. The number of carbonyl (C=O) groups excluding carboxylic acids is 3. The van der Waals surface area contributed by atoms with Gasteiger partial charge in [0.15, 0.2) is 0 Å². The second kappa shape index (κ2) is 9.85. The monoisotopic (exact) mass is 438 g/mol. The Morgan fingerprint density at radius 1 is 1.09 bits per heavy atom. The van der Waals surface area contributed by atoms with Crippen molar-refractivity contribution in [3.63, 3.8) is 0 Å². The number of benzene rings is 2. The first-order valence-electron chi connectivity index (χ1n) is 11.1. The van der Waals surface area contributed by atoms with Gasteiger partial charge in [0.1, 0.15) is 11.2 Å². The van der Waals surface area contributed by atoms with E-state index in [1.54, 1.807) is 0 Å². The molecule has 0 spiro atoms. The minimum Gasteiger partial charge on any atom is -0.508 e. The molecule has 3 atom stereocenters. The lowest BCUT2D eigenvalue weighted by Gasteiger charge is -2.53. The van der Waals surface area contributed by atoms with E-state index < -0.39 is 23.6 Å². The molecule has 170 valence electrons. The summed E-state index contributed by atoms with van der Waals surface area (Å²) in [5.41, 5.74) is 0.247. The summed E-state index contributed by atoms with van der Waals surface area (Å²) in [6, 6.07) is 14.3. The predicted molar refractivity (Wildman–Crippen MR) is 120 cm³/mol. The summed E-state index contributed by atoms with van der Waals surface area (Å²) in [5.74, 6) is -0.947. The predicted octanol–water partition coefficient (Wildman–Crippen LogP) is 4.77. The van der Waals surface area contributed by atoms with Crippen LogP contribution in [0.3, 0.4) is 0 Å². The summed E-state index contributed by atoms with van der Waals surface area (Å²) in [4.78, 5) is 40.1. The third kappa shape index (κ3) is 4.33. The van der Waals surface area contributed by atoms with Gasteiger partial charge in [0.2, 0.25) is 12.1 Å². The molecule has 32 heavy (non-hydrogen) atoms. The highest BCUT2D eigenvalue weighted by molar-refractivity contribution is 6.04. The number of phenols is 1. The molecule has 7 heteroatoms. The van der Waals surface area contributed by atoms with E-state index in [9.17, 15) is 19.5 Å². The first-order valence-corrected chi connectivity index (χ1v) is 11.1. The van der Waals surface area contributed by atoms with E-state index in [2.05, 4.69) is 5.32 Å². The molecule has 2 aromatic carbocycles. The van der Waals surface area contributed by atoms with Crippen LogP contribution in [0.25, 0.3) is 0 Å². The Bertz CT molecular complexity index is 960. The lowest BCUT2D eigenvalue weighted by Crippen LogP contribution is -2.73. The molecule has 0 unspecified atom stereocenters. The molecule has 0 aromatic heterocycles. The summed E-state index contributed by atoms with van der Waals surface area (Å²) in [5, 5.41) is 12.4. The van der Waals surface area contributed by atoms with Crippen LogP contribution in [0.5, 0.6) is 5.75 Å². The van der Waals surface area contributed by atoms with Crippen molar-refractivity contribution in [2.45, 2.75) is 58.7 Å². The van der Waals surface area contributed by atoms with Crippen molar-refractivity contribution in [3.8, 4) is 5.75 Å². The molecule has 7 nitrogen and oxygen atoms in total. The Balaban J connectivity index is 1.84. The Morgan fingerprint density at radius 3 is 2.31 bits per heavy atom. The molecule has 3 amide bonds. The second-order valence-corrected chi connectivity index (χ2v) is 8.06. The van der Waals surface area contributed by atoms with E-state index in [1.807, 2.05) is 51.1 Å². The number of nitrogens with one attached hydrogen (secondary N) is 1. The fourth-order valence-electron chi connectivity index (χ4n) is 4.27. The van der Waals surface area contributed by atoms with Gasteiger partial charge >= 0.3 is 12.0 Å². The number of nitrogens with zero attached hydrogens (tertiary/aromatic N) is 1. The van der Waals surface area contributed by atoms with Crippen molar-refractivity contribution < 1.29 is 24.2 Å². The quantitative estimate of drug-likeness (QED) is 0.457. The number of imide groups is 1. The molecule has 1 saturated heterocycles. The standard InChI is InChI=1S/C25H30N2O5/c1-4-16-25(6-3)22(30)27(23(25)32-21(29)18-12-14-19(28)15-13-18)24(31)26-20(5-2)17-10-8-7-9-11-17/h7-15,20,23,28H,4-6,16H2,1-3H3,(H,26,31)/t20-,23+,25-/m1/s1. The van der Waals surface area contributed by atoms with Crippen molar-refractivity contribution in [2.75, 3.05) is 0 Å². The van der Waals surface area contributed by atoms with E-state index in [-0.39, 0.29) is 23.3 Å². The fourth-order valence-corrected chi connectivity index (χ4v) is 4.27. The number of β-lactam (4-membered cyclic amide) rings is 1. The van der Waals surface area contributed by atoms with Crippen molar-refractivity contribution >= 4 is 17.9 Å². The van der Waals surface area contributed by atoms with E-state index in [1.165, 1.54) is 24.3 Å². The molecule has 1 aliphatic heterocycles. The van der Waals surface area contributed by atoms with Crippen LogP contribution in [-0.2, 0) is 9.53 Å². The van der Waals surface area contributed by atoms with Crippen LogP contribution in [0.15, 0.2) is 54.6 Å². The summed E-state index contributed by atoms with van der Waals surface area (Å²) in [6.45, 7) is 5.77. The van der Waals surface area contributed by atoms with Crippen LogP contribution in [0.2, 0.25) is 0 Å². The topological polar surface area (TPSA) is 95.9 Å². The Morgan fingerprint density at radius 2 is 1.75 bits per heavy atom. The highest BCUT2D eigenvalue weighted by Gasteiger charge is 2.63. The molecule has 2 N–H and O–H groups in total. The number of likely N-dealkylation sites (tertiary alicyclic amines) is 1. The lowest BCUT2D eigenvalue weighted by molar-refractivity contribution is -0.198. The number of amides is 3. The zero-order chi connectivity index (χ0) is 23.3. The summed E-state index contributed by atoms with van der Waals surface area (Å²) in [6.07, 6.45) is 1.32. The van der Waals surface area contributed by atoms with E-state index in [4.69, 9.17) is 4.74 Å². The van der Waals surface area contributed by atoms with E-state index in [0.29, 0.717) is 25.7 Å². The van der Waals surface area contributed by atoms with Crippen LogP contribution < -0.4 is 5.32 Å². The summed E-state index contributed by atoms with van der Waals surface area (Å²) in [7, 11) is 0. The average molecular weight is 439 g/mol. The number of hydrogen-bond donors (Lipinski definition) is 2. The highest BCUT2D eigenvalue weighted by atomic mass is 16.6. The van der Waals surface area contributed by atoms with E-state index >= 15 is 0 Å². The Labute approximate surface area is 188 Å². The minimum absolute atomic E-state index is 0.0294. The third-order valence-corrected chi connectivity index (χ3v) is 6.13. The smallest absolute Gasteiger partial charge is 0.340 e. The van der Waals surface area contributed by atoms with Crippen LogP contribution in [-0.4, -0.2) is 34.1 Å². The van der Waals surface area contributed by atoms with Gasteiger partial charge in [0, 0.05) is 0 Å². The van der Waals surface area contributed by atoms with Gasteiger partial charge < -0.3 is 15.2 Å². The number of urea groups is 1. The third-order valence-electron chi connectivity index (χ3n) is 6.13. The molecule has 0 bridgehead atoms. The molecule has 2 aromatic rings. The number of phenolic OH excluding ortho intramolecular Hbond substituents is 1. The van der Waals surface area contributed by atoms with Crippen LogP contribution >= 0.6 is 0 Å². The Hall–Kier alpha value is -3.35. The number of esters is 1. The molecule has 0 aliphatic carbocycles. The van der Waals surface area contributed by atoms with Gasteiger partial charge in [-0.1, -0.05) is 57.5 Å². The summed E-state index contributed by atoms with van der Waals surface area (Å²) >= 11 is 0. The molecular weight excluding hydrogens is 408 g/mol. The van der Waals surface area contributed by atoms with Gasteiger partial charge in [0.05, 0.1) is 11.6 Å².